The number of hydrogen-bond acceptors (Lipinski definition) is 12. The fraction of sp³-hybridized carbons (Fsp3) is 0. The Morgan fingerprint density at radius 3 is 0.294 bits per heavy atom. The summed E-state index contributed by atoms with van der Waals surface area (Å²) in [5.41, 5.74) is 0. The van der Waals surface area contributed by atoms with Crippen LogP contribution in [0.5, 0.6) is 0 Å². The summed E-state index contributed by atoms with van der Waals surface area (Å²) in [4.78, 5) is 0. The molecule has 0 spiro atoms. The Morgan fingerprint density at radius 1 is 0.294 bits per heavy atom. The molecular formula is H14B4BeO12. The van der Waals surface area contributed by atoms with Gasteiger partial charge in [-0.1, -0.05) is 0 Å². The van der Waals surface area contributed by atoms with Crippen molar-refractivity contribution in [3.8, 4) is 0 Å². The third-order valence-corrected chi connectivity index (χ3v) is 0. The molecule has 17 heavy (non-hydrogen) atoms. The van der Waals surface area contributed by atoms with E-state index < -0.39 is 29.3 Å². The molecule has 0 rings (SSSR count). The standard InChI is InChI=1S/4BH3O3.Be.2H/c4*2-1(3)4;;;/h4*2-4H;;;. The summed E-state index contributed by atoms with van der Waals surface area (Å²) in [6.07, 6.45) is 0. The van der Waals surface area contributed by atoms with Crippen molar-refractivity contribution in [1.29, 1.82) is 0 Å². The molecule has 0 aliphatic rings. The van der Waals surface area contributed by atoms with Gasteiger partial charge in [0.2, 0.25) is 0 Å². The first-order valence-corrected chi connectivity index (χ1v) is 3.10. The zero-order valence-electron chi connectivity index (χ0n) is 7.68. The van der Waals surface area contributed by atoms with Gasteiger partial charge in [0, 0.05) is 0 Å². The van der Waals surface area contributed by atoms with Crippen LogP contribution in [-0.2, 0) is 0 Å². The molecule has 0 unspecified atom stereocenters. The van der Waals surface area contributed by atoms with E-state index in [0.717, 1.165) is 0 Å². The fourth-order valence-corrected chi connectivity index (χ4v) is 0. The molecule has 0 aliphatic carbocycles. The van der Waals surface area contributed by atoms with Crippen molar-refractivity contribution < 1.29 is 60.3 Å². The summed E-state index contributed by atoms with van der Waals surface area (Å²) in [6, 6.07) is 0. The normalized spacial score (nSPS) is 6.35. The molecule has 0 aromatic heterocycles. The Hall–Kier alpha value is -0.0514. The zero-order chi connectivity index (χ0) is 14.3. The van der Waals surface area contributed by atoms with E-state index in [-0.39, 0.29) is 10.1 Å². The molecule has 0 bridgehead atoms. The summed E-state index contributed by atoms with van der Waals surface area (Å²) < 4.78 is 0. The number of hydrogen-bond donors (Lipinski definition) is 12. The van der Waals surface area contributed by atoms with Crippen LogP contribution < -0.4 is 0 Å². The molecule has 12 nitrogen and oxygen atoms in total. The van der Waals surface area contributed by atoms with Gasteiger partial charge in [0.05, 0.1) is 0 Å². The minimum absolute atomic E-state index is 0. The van der Waals surface area contributed by atoms with E-state index in [9.17, 15) is 0 Å². The predicted molar refractivity (Wildman–Crippen MR) is 58.2 cm³/mol. The molecular weight excluding hydrogens is 244 g/mol. The summed E-state index contributed by atoms with van der Waals surface area (Å²) in [6.45, 7) is 0. The summed E-state index contributed by atoms with van der Waals surface area (Å²) in [7, 11) is -8.67. The van der Waals surface area contributed by atoms with E-state index in [2.05, 4.69) is 0 Å². The first kappa shape index (κ1) is 30.2. The Labute approximate surface area is 101 Å². The van der Waals surface area contributed by atoms with Crippen molar-refractivity contribution in [3.63, 3.8) is 0 Å². The van der Waals surface area contributed by atoms with Crippen LogP contribution >= 0.6 is 0 Å². The quantitative estimate of drug-likeness (QED) is 0.181. The topological polar surface area (TPSA) is 243 Å². The van der Waals surface area contributed by atoms with Crippen molar-refractivity contribution in [1.82, 2.24) is 0 Å². The van der Waals surface area contributed by atoms with Gasteiger partial charge in [-0.3, -0.25) is 0 Å². The molecule has 0 saturated carbocycles. The maximum atomic E-state index is 7.17. The van der Waals surface area contributed by atoms with E-state index in [0.29, 0.717) is 0 Å². The summed E-state index contributed by atoms with van der Waals surface area (Å²) in [5, 5.41) is 86.0. The minimum atomic E-state index is -2.17. The maximum absolute atomic E-state index is 7.17. The van der Waals surface area contributed by atoms with Crippen molar-refractivity contribution >= 4 is 39.4 Å². The van der Waals surface area contributed by atoms with Crippen LogP contribution in [0.1, 0.15) is 0 Å². The van der Waals surface area contributed by atoms with Crippen LogP contribution in [0.3, 0.4) is 0 Å². The van der Waals surface area contributed by atoms with Gasteiger partial charge in [-0.25, -0.2) is 0 Å². The van der Waals surface area contributed by atoms with Gasteiger partial charge in [0.25, 0.3) is 0 Å². The van der Waals surface area contributed by atoms with Crippen molar-refractivity contribution in [2.24, 2.45) is 0 Å². The van der Waals surface area contributed by atoms with E-state index in [1.165, 1.54) is 0 Å². The molecule has 17 heteroatoms. The molecule has 0 aromatic rings. The number of rotatable bonds is 0. The average molecular weight is 258 g/mol. The third-order valence-electron chi connectivity index (χ3n) is 0. The van der Waals surface area contributed by atoms with Crippen molar-refractivity contribution in [3.05, 3.63) is 0 Å². The average Bonchev–Trinajstić information content (AvgIpc) is 1.76. The molecule has 0 aliphatic heterocycles. The molecule has 0 radical (unpaired) electrons. The summed E-state index contributed by atoms with van der Waals surface area (Å²) in [5.74, 6) is 0. The van der Waals surface area contributed by atoms with E-state index >= 15 is 0 Å². The Balaban J connectivity index is -0.0000000369. The van der Waals surface area contributed by atoms with Crippen LogP contribution in [0.2, 0.25) is 0 Å². The predicted octanol–water partition coefficient (Wildman–Crippen LogP) is -9.12. The van der Waals surface area contributed by atoms with Gasteiger partial charge in [0.1, 0.15) is 0 Å². The van der Waals surface area contributed by atoms with Gasteiger partial charge >= 0.3 is 39.4 Å². The molecule has 0 saturated heterocycles. The fourth-order valence-electron chi connectivity index (χ4n) is 0. The molecule has 0 atom stereocenters. The van der Waals surface area contributed by atoms with Crippen molar-refractivity contribution in [2.75, 3.05) is 0 Å². The molecule has 0 aromatic carbocycles. The summed E-state index contributed by atoms with van der Waals surface area (Å²) >= 11 is 0. The van der Waals surface area contributed by atoms with E-state index in [1.807, 2.05) is 0 Å². The Bertz CT molecular complexity index is 61.5. The van der Waals surface area contributed by atoms with Crippen LogP contribution in [0.25, 0.3) is 0 Å². The van der Waals surface area contributed by atoms with Crippen LogP contribution in [0, 0.1) is 0 Å². The second kappa shape index (κ2) is 25.0. The van der Waals surface area contributed by atoms with Gasteiger partial charge < -0.3 is 60.3 Å². The van der Waals surface area contributed by atoms with Crippen molar-refractivity contribution in [2.45, 2.75) is 0 Å². The Morgan fingerprint density at radius 2 is 0.294 bits per heavy atom. The van der Waals surface area contributed by atoms with Gasteiger partial charge in [-0.2, -0.15) is 0 Å². The molecule has 100 valence electrons. The SMILES string of the molecule is OB(O)O.OB(O)O.OB(O)O.OB(O)O.[BeH2]. The van der Waals surface area contributed by atoms with E-state index in [1.54, 1.807) is 0 Å². The molecule has 0 amide bonds. The van der Waals surface area contributed by atoms with Crippen LogP contribution in [0.4, 0.5) is 0 Å². The zero-order valence-corrected chi connectivity index (χ0v) is 7.68. The second-order valence-electron chi connectivity index (χ2n) is 1.39. The molecule has 0 fully saturated rings. The van der Waals surface area contributed by atoms with Gasteiger partial charge in [-0.15, -0.1) is 0 Å². The van der Waals surface area contributed by atoms with Gasteiger partial charge in [0.15, 0.2) is 0 Å². The Kier molecular flexibility index (Phi) is 44.3. The monoisotopic (exact) mass is 259 g/mol. The second-order valence-corrected chi connectivity index (χ2v) is 1.39. The van der Waals surface area contributed by atoms with E-state index in [4.69, 9.17) is 60.3 Å². The molecule has 12 N–H and O–H groups in total. The first-order chi connectivity index (χ1) is 6.93. The molecule has 0 heterocycles. The van der Waals surface area contributed by atoms with Crippen LogP contribution in [-0.4, -0.2) is 99.7 Å². The van der Waals surface area contributed by atoms with Gasteiger partial charge in [-0.05, 0) is 0 Å². The third kappa shape index (κ3) is 1170000. The first-order valence-electron chi connectivity index (χ1n) is 3.10. The van der Waals surface area contributed by atoms with Crippen LogP contribution in [0.15, 0.2) is 0 Å².